The number of amidine groups is 1. The Hall–Kier alpha value is -3.44. The number of ether oxygens (including phenoxy) is 3. The van der Waals surface area contributed by atoms with Gasteiger partial charge in [-0.1, -0.05) is 6.07 Å². The molecule has 160 valence electrons. The Morgan fingerprint density at radius 1 is 1.13 bits per heavy atom. The van der Waals surface area contributed by atoms with Crippen molar-refractivity contribution in [3.63, 3.8) is 0 Å². The predicted octanol–water partition coefficient (Wildman–Crippen LogP) is 4.62. The van der Waals surface area contributed by atoms with Crippen LogP contribution in [0.1, 0.15) is 19.4 Å². The minimum atomic E-state index is -0.0949. The lowest BCUT2D eigenvalue weighted by molar-refractivity contribution is -0.122. The van der Waals surface area contributed by atoms with Gasteiger partial charge in [-0.15, -0.1) is 0 Å². The van der Waals surface area contributed by atoms with Crippen molar-refractivity contribution in [1.82, 2.24) is 4.90 Å². The third kappa shape index (κ3) is 5.38. The molecule has 0 N–H and O–H groups in total. The van der Waals surface area contributed by atoms with Gasteiger partial charge in [0.1, 0.15) is 11.8 Å². The fraction of sp³-hybridized carbons (Fsp3) is 0.261. The highest BCUT2D eigenvalue weighted by molar-refractivity contribution is 8.18. The van der Waals surface area contributed by atoms with Crippen LogP contribution in [0.5, 0.6) is 17.2 Å². The number of aliphatic imine (C=N–C) groups is 1. The molecule has 2 aromatic rings. The van der Waals surface area contributed by atoms with E-state index in [2.05, 4.69) is 4.99 Å². The highest BCUT2D eigenvalue weighted by Crippen LogP contribution is 2.36. The Bertz CT molecular complexity index is 1040. The molecule has 0 atom stereocenters. The van der Waals surface area contributed by atoms with E-state index < -0.39 is 0 Å². The van der Waals surface area contributed by atoms with Crippen molar-refractivity contribution in [3.05, 3.63) is 52.9 Å². The summed E-state index contributed by atoms with van der Waals surface area (Å²) in [5.74, 6) is 1.68. The fourth-order valence-corrected chi connectivity index (χ4v) is 3.96. The van der Waals surface area contributed by atoms with Crippen LogP contribution >= 0.6 is 11.8 Å². The van der Waals surface area contributed by atoms with Crippen molar-refractivity contribution in [1.29, 1.82) is 5.26 Å². The van der Waals surface area contributed by atoms with Crippen LogP contribution in [0, 0.1) is 11.3 Å². The number of hydrogen-bond acceptors (Lipinski definition) is 7. The molecule has 1 saturated heterocycles. The number of benzene rings is 2. The number of hydrogen-bond donors (Lipinski definition) is 0. The molecule has 0 unspecified atom stereocenters. The highest BCUT2D eigenvalue weighted by atomic mass is 32.2. The average molecular weight is 438 g/mol. The largest absolute Gasteiger partial charge is 0.497 e. The summed E-state index contributed by atoms with van der Waals surface area (Å²) >= 11 is 1.33. The maximum Gasteiger partial charge on any atom is 0.266 e. The van der Waals surface area contributed by atoms with Crippen LogP contribution in [0.4, 0.5) is 5.69 Å². The number of nitrogens with zero attached hydrogens (tertiary/aromatic N) is 3. The van der Waals surface area contributed by atoms with E-state index in [1.165, 1.54) is 11.8 Å². The number of thioether (sulfide) groups is 1. The van der Waals surface area contributed by atoms with E-state index in [-0.39, 0.29) is 12.5 Å². The first-order valence-corrected chi connectivity index (χ1v) is 10.6. The number of carbonyl (C=O) groups is 1. The van der Waals surface area contributed by atoms with Crippen LogP contribution < -0.4 is 14.2 Å². The molecule has 1 aliphatic heterocycles. The molecule has 0 saturated carbocycles. The summed E-state index contributed by atoms with van der Waals surface area (Å²) in [6.07, 6.45) is 1.81. The first-order chi connectivity index (χ1) is 15.1. The van der Waals surface area contributed by atoms with Gasteiger partial charge in [-0.25, -0.2) is 4.99 Å². The lowest BCUT2D eigenvalue weighted by Crippen LogP contribution is -2.28. The summed E-state index contributed by atoms with van der Waals surface area (Å²) in [5, 5.41) is 9.37. The van der Waals surface area contributed by atoms with Gasteiger partial charge in [0.2, 0.25) is 0 Å². The summed E-state index contributed by atoms with van der Waals surface area (Å²) in [6.45, 7) is 4.70. The molecule has 3 rings (SSSR count). The zero-order valence-electron chi connectivity index (χ0n) is 17.6. The molecule has 0 spiro atoms. The summed E-state index contributed by atoms with van der Waals surface area (Å²) in [7, 11) is 1.61. The molecule has 1 heterocycles. The molecule has 31 heavy (non-hydrogen) atoms. The molecular formula is C23H23N3O4S. The predicted molar refractivity (Wildman–Crippen MR) is 122 cm³/mol. The van der Waals surface area contributed by atoms with E-state index >= 15 is 0 Å². The van der Waals surface area contributed by atoms with Gasteiger partial charge in [0.05, 0.1) is 24.3 Å². The minimum Gasteiger partial charge on any atom is -0.497 e. The normalized spacial score (nSPS) is 15.9. The molecule has 0 aliphatic carbocycles. The second-order valence-corrected chi connectivity index (χ2v) is 7.35. The van der Waals surface area contributed by atoms with Crippen molar-refractivity contribution in [2.45, 2.75) is 13.8 Å². The van der Waals surface area contributed by atoms with Crippen molar-refractivity contribution < 1.29 is 19.0 Å². The maximum atomic E-state index is 12.9. The molecule has 1 amide bonds. The molecule has 7 nitrogen and oxygen atoms in total. The van der Waals surface area contributed by atoms with Crippen LogP contribution in [-0.2, 0) is 4.79 Å². The number of rotatable bonds is 8. The van der Waals surface area contributed by atoms with Gasteiger partial charge in [0.15, 0.2) is 23.3 Å². The highest BCUT2D eigenvalue weighted by Gasteiger charge is 2.32. The third-order valence-corrected chi connectivity index (χ3v) is 5.37. The van der Waals surface area contributed by atoms with Crippen molar-refractivity contribution in [3.8, 4) is 23.3 Å². The van der Waals surface area contributed by atoms with E-state index in [4.69, 9.17) is 19.5 Å². The molecular weight excluding hydrogens is 414 g/mol. The van der Waals surface area contributed by atoms with E-state index in [9.17, 15) is 4.79 Å². The maximum absolute atomic E-state index is 12.9. The van der Waals surface area contributed by atoms with E-state index in [1.54, 1.807) is 24.1 Å². The fourth-order valence-electron chi connectivity index (χ4n) is 2.90. The van der Waals surface area contributed by atoms with Crippen LogP contribution in [0.25, 0.3) is 6.08 Å². The van der Waals surface area contributed by atoms with E-state index in [0.29, 0.717) is 34.7 Å². The molecule has 0 aromatic heterocycles. The van der Waals surface area contributed by atoms with Gasteiger partial charge < -0.3 is 14.2 Å². The average Bonchev–Trinajstić information content (AvgIpc) is 3.07. The summed E-state index contributed by atoms with van der Waals surface area (Å²) in [4.78, 5) is 19.8. The van der Waals surface area contributed by atoms with Crippen LogP contribution in [-0.4, -0.2) is 42.8 Å². The Labute approximate surface area is 185 Å². The minimum absolute atomic E-state index is 0.0640. The van der Waals surface area contributed by atoms with Crippen molar-refractivity contribution in [2.75, 3.05) is 26.9 Å². The standard InChI is InChI=1S/C23H23N3O4S/c1-4-26-22(27)21(31-23(26)25-17-7-9-18(28-3)10-8-17)15-16-6-11-19(30-13-12-24)20(14-16)29-5-2/h6-11,14-15H,4-5,13H2,1-3H3/b21-15-,25-23?. The van der Waals surface area contributed by atoms with Crippen LogP contribution in [0.15, 0.2) is 52.4 Å². The molecule has 0 bridgehead atoms. The Kier molecular flexibility index (Phi) is 7.57. The monoisotopic (exact) mass is 437 g/mol. The smallest absolute Gasteiger partial charge is 0.266 e. The third-order valence-electron chi connectivity index (χ3n) is 4.36. The summed E-state index contributed by atoms with van der Waals surface area (Å²) in [5.41, 5.74) is 1.54. The van der Waals surface area contributed by atoms with Crippen molar-refractivity contribution >= 4 is 34.6 Å². The number of carbonyl (C=O) groups excluding carboxylic acids is 1. The Morgan fingerprint density at radius 3 is 2.55 bits per heavy atom. The number of amides is 1. The Balaban J connectivity index is 1.88. The zero-order chi connectivity index (χ0) is 22.2. The van der Waals surface area contributed by atoms with E-state index in [0.717, 1.165) is 17.0 Å². The molecule has 1 fully saturated rings. The SMILES string of the molecule is CCOc1cc(/C=C2\SC(=Nc3ccc(OC)cc3)N(CC)C2=O)ccc1OCC#N. The van der Waals surface area contributed by atoms with Gasteiger partial charge >= 0.3 is 0 Å². The molecule has 0 radical (unpaired) electrons. The van der Waals surface area contributed by atoms with Crippen LogP contribution in [0.3, 0.4) is 0 Å². The van der Waals surface area contributed by atoms with Gasteiger partial charge in [-0.3, -0.25) is 9.69 Å². The second kappa shape index (κ2) is 10.5. The first kappa shape index (κ1) is 22.2. The van der Waals surface area contributed by atoms with Gasteiger partial charge in [0, 0.05) is 6.54 Å². The first-order valence-electron chi connectivity index (χ1n) is 9.80. The summed E-state index contributed by atoms with van der Waals surface area (Å²) < 4.78 is 16.2. The second-order valence-electron chi connectivity index (χ2n) is 6.34. The summed E-state index contributed by atoms with van der Waals surface area (Å²) in [6, 6.07) is 14.7. The van der Waals surface area contributed by atoms with Crippen molar-refractivity contribution in [2.24, 2.45) is 4.99 Å². The number of methoxy groups -OCH3 is 1. The number of likely N-dealkylation sites (N-methyl/N-ethyl adjacent to an activating group) is 1. The lowest BCUT2D eigenvalue weighted by Gasteiger charge is -2.12. The van der Waals surface area contributed by atoms with Gasteiger partial charge in [-0.2, -0.15) is 5.26 Å². The lowest BCUT2D eigenvalue weighted by atomic mass is 10.2. The molecule has 2 aromatic carbocycles. The molecule has 8 heteroatoms. The quantitative estimate of drug-likeness (QED) is 0.560. The van der Waals surface area contributed by atoms with Gasteiger partial charge in [-0.05, 0) is 73.6 Å². The van der Waals surface area contributed by atoms with Crippen LogP contribution in [0.2, 0.25) is 0 Å². The Morgan fingerprint density at radius 2 is 1.90 bits per heavy atom. The molecule has 1 aliphatic rings. The van der Waals surface area contributed by atoms with E-state index in [1.807, 2.05) is 56.3 Å². The number of nitriles is 1. The topological polar surface area (TPSA) is 84.2 Å². The van der Waals surface area contributed by atoms with Gasteiger partial charge in [0.25, 0.3) is 5.91 Å². The zero-order valence-corrected chi connectivity index (χ0v) is 18.4.